The van der Waals surface area contributed by atoms with Crippen LogP contribution in [0.5, 0.6) is 11.5 Å². The molecule has 0 aromatic heterocycles. The summed E-state index contributed by atoms with van der Waals surface area (Å²) in [5, 5.41) is 0. The minimum absolute atomic E-state index is 0.861. The van der Waals surface area contributed by atoms with Crippen molar-refractivity contribution < 1.29 is 4.74 Å². The van der Waals surface area contributed by atoms with Crippen molar-refractivity contribution in [2.24, 2.45) is 0 Å². The van der Waals surface area contributed by atoms with Gasteiger partial charge in [0.1, 0.15) is 5.82 Å². The first-order valence-electron chi connectivity index (χ1n) is 9.10. The smallest absolute Gasteiger partial charge is 0.151 e. The molecule has 5 heteroatoms. The van der Waals surface area contributed by atoms with E-state index >= 15 is 0 Å². The first-order chi connectivity index (χ1) is 12.6. The van der Waals surface area contributed by atoms with Gasteiger partial charge in [0.05, 0.1) is 18.0 Å². The number of fused-ring (bicyclic) bond motifs is 2. The lowest BCUT2D eigenvalue weighted by atomic mass is 10.1. The van der Waals surface area contributed by atoms with Crippen LogP contribution in [0.2, 0.25) is 0 Å². The summed E-state index contributed by atoms with van der Waals surface area (Å²) in [7, 11) is 4.29. The Morgan fingerprint density at radius 3 is 2.08 bits per heavy atom. The van der Waals surface area contributed by atoms with Crippen molar-refractivity contribution in [2.45, 2.75) is 0 Å². The molecular weight excluding hydrogens is 324 g/mol. The fourth-order valence-corrected chi connectivity index (χ4v) is 3.52. The molecule has 0 atom stereocenters. The molecule has 1 fully saturated rings. The van der Waals surface area contributed by atoms with E-state index in [0.717, 1.165) is 61.5 Å². The number of anilines is 2. The van der Waals surface area contributed by atoms with Crippen LogP contribution in [-0.4, -0.2) is 61.6 Å². The van der Waals surface area contributed by atoms with E-state index in [1.54, 1.807) is 0 Å². The Morgan fingerprint density at radius 1 is 0.962 bits per heavy atom. The molecule has 2 aliphatic heterocycles. The predicted octanol–water partition coefficient (Wildman–Crippen LogP) is 3.54. The van der Waals surface area contributed by atoms with Crippen molar-refractivity contribution in [1.82, 2.24) is 14.7 Å². The van der Waals surface area contributed by atoms with E-state index in [4.69, 9.17) is 4.74 Å². The summed E-state index contributed by atoms with van der Waals surface area (Å²) >= 11 is 0. The molecule has 0 radical (unpaired) electrons. The number of benzene rings is 2. The molecule has 2 aromatic rings. The van der Waals surface area contributed by atoms with Crippen molar-refractivity contribution >= 4 is 11.4 Å². The predicted molar refractivity (Wildman–Crippen MR) is 106 cm³/mol. The van der Waals surface area contributed by atoms with Crippen LogP contribution in [-0.2, 0) is 0 Å². The number of rotatable bonds is 4. The molecule has 5 nitrogen and oxygen atoms in total. The van der Waals surface area contributed by atoms with Gasteiger partial charge in [0, 0.05) is 33.2 Å². The zero-order valence-corrected chi connectivity index (χ0v) is 15.6. The van der Waals surface area contributed by atoms with Gasteiger partial charge in [0.15, 0.2) is 11.5 Å². The number of likely N-dealkylation sites (N-methyl/N-ethyl adjacent to an activating group) is 1. The molecule has 0 N–H and O–H groups in total. The summed E-state index contributed by atoms with van der Waals surface area (Å²) in [5.74, 6) is 2.67. The molecular formula is C21H26N4O. The summed E-state index contributed by atoms with van der Waals surface area (Å²) in [6.07, 6.45) is 0. The van der Waals surface area contributed by atoms with Crippen molar-refractivity contribution in [3.63, 3.8) is 0 Å². The third kappa shape index (κ3) is 3.16. The van der Waals surface area contributed by atoms with E-state index in [2.05, 4.69) is 52.4 Å². The summed E-state index contributed by atoms with van der Waals surface area (Å²) in [6.45, 7) is 9.69. The zero-order valence-electron chi connectivity index (χ0n) is 15.6. The Balaban J connectivity index is 1.59. The Morgan fingerprint density at radius 2 is 1.50 bits per heavy atom. The van der Waals surface area contributed by atoms with E-state index in [1.165, 1.54) is 0 Å². The number of para-hydroxylation sites is 4. The fourth-order valence-electron chi connectivity index (χ4n) is 3.52. The lowest BCUT2D eigenvalue weighted by molar-refractivity contribution is 0.110. The van der Waals surface area contributed by atoms with Gasteiger partial charge >= 0.3 is 0 Å². The molecule has 0 amide bonds. The highest BCUT2D eigenvalue weighted by molar-refractivity contribution is 5.80. The largest absolute Gasteiger partial charge is 0.453 e. The van der Waals surface area contributed by atoms with Crippen LogP contribution >= 0.6 is 0 Å². The maximum atomic E-state index is 6.08. The van der Waals surface area contributed by atoms with Crippen molar-refractivity contribution in [2.75, 3.05) is 51.8 Å². The monoisotopic (exact) mass is 350 g/mol. The number of hydrogen-bond donors (Lipinski definition) is 0. The molecule has 2 aliphatic rings. The van der Waals surface area contributed by atoms with Crippen LogP contribution in [0, 0.1) is 0 Å². The minimum Gasteiger partial charge on any atom is -0.453 e. The van der Waals surface area contributed by atoms with Crippen LogP contribution in [0.15, 0.2) is 60.9 Å². The van der Waals surface area contributed by atoms with E-state index in [-0.39, 0.29) is 0 Å². The van der Waals surface area contributed by atoms with Crippen LogP contribution in [0.25, 0.3) is 0 Å². The van der Waals surface area contributed by atoms with Gasteiger partial charge in [-0.15, -0.1) is 0 Å². The molecule has 0 aliphatic carbocycles. The van der Waals surface area contributed by atoms with Crippen molar-refractivity contribution in [1.29, 1.82) is 0 Å². The molecule has 0 bridgehead atoms. The molecule has 26 heavy (non-hydrogen) atoms. The quantitative estimate of drug-likeness (QED) is 0.839. The van der Waals surface area contributed by atoms with Gasteiger partial charge in [0.25, 0.3) is 0 Å². The molecule has 136 valence electrons. The standard InChI is InChI=1S/C21H26N4O/c1-17(23(3)16-24-14-12-22(2)13-15-24)25-18-8-4-6-10-20(18)26-21-11-7-5-9-19(21)25/h4-11H,1,12-16H2,2-3H3. The van der Waals surface area contributed by atoms with Gasteiger partial charge in [-0.05, 0) is 31.3 Å². The topological polar surface area (TPSA) is 22.2 Å². The Kier molecular flexibility index (Phi) is 4.57. The minimum atomic E-state index is 0.861. The van der Waals surface area contributed by atoms with Gasteiger partial charge in [-0.2, -0.15) is 0 Å². The van der Waals surface area contributed by atoms with E-state index < -0.39 is 0 Å². The summed E-state index contributed by atoms with van der Waals surface area (Å²) < 4.78 is 6.08. The number of piperazine rings is 1. The molecule has 2 aromatic carbocycles. The Bertz CT molecular complexity index is 753. The fraction of sp³-hybridized carbons (Fsp3) is 0.333. The van der Waals surface area contributed by atoms with Gasteiger partial charge in [-0.1, -0.05) is 30.8 Å². The highest BCUT2D eigenvalue weighted by Crippen LogP contribution is 2.48. The number of nitrogens with zero attached hydrogens (tertiary/aromatic N) is 4. The molecule has 4 rings (SSSR count). The third-order valence-electron chi connectivity index (χ3n) is 5.14. The lowest BCUT2D eigenvalue weighted by Crippen LogP contribution is -2.48. The summed E-state index contributed by atoms with van der Waals surface area (Å²) in [4.78, 5) is 9.28. The van der Waals surface area contributed by atoms with Gasteiger partial charge in [0.2, 0.25) is 0 Å². The SMILES string of the molecule is C=C(N(C)CN1CCN(C)CC1)N1c2ccccc2Oc2ccccc21. The van der Waals surface area contributed by atoms with Gasteiger partial charge < -0.3 is 14.5 Å². The average Bonchev–Trinajstić information content (AvgIpc) is 2.67. The maximum Gasteiger partial charge on any atom is 0.151 e. The van der Waals surface area contributed by atoms with Crippen LogP contribution in [0.3, 0.4) is 0 Å². The Hall–Kier alpha value is -2.50. The number of hydrogen-bond acceptors (Lipinski definition) is 5. The second-order valence-corrected chi connectivity index (χ2v) is 7.05. The van der Waals surface area contributed by atoms with Crippen LogP contribution in [0.1, 0.15) is 0 Å². The lowest BCUT2D eigenvalue weighted by Gasteiger charge is -2.40. The maximum absolute atomic E-state index is 6.08. The highest BCUT2D eigenvalue weighted by atomic mass is 16.5. The first-order valence-corrected chi connectivity index (χ1v) is 9.10. The van der Waals surface area contributed by atoms with E-state index in [9.17, 15) is 0 Å². The van der Waals surface area contributed by atoms with Crippen molar-refractivity contribution in [3.05, 3.63) is 60.9 Å². The third-order valence-corrected chi connectivity index (χ3v) is 5.14. The first kappa shape index (κ1) is 16.9. The molecule has 0 saturated carbocycles. The summed E-state index contributed by atoms with van der Waals surface area (Å²) in [6, 6.07) is 16.3. The van der Waals surface area contributed by atoms with Crippen LogP contribution < -0.4 is 9.64 Å². The van der Waals surface area contributed by atoms with Gasteiger partial charge in [-0.25, -0.2) is 0 Å². The molecule has 2 heterocycles. The highest BCUT2D eigenvalue weighted by Gasteiger charge is 2.28. The van der Waals surface area contributed by atoms with Crippen molar-refractivity contribution in [3.8, 4) is 11.5 Å². The number of ether oxygens (including phenoxy) is 1. The molecule has 0 unspecified atom stereocenters. The normalized spacial score (nSPS) is 17.2. The second kappa shape index (κ2) is 7.02. The molecule has 1 saturated heterocycles. The molecule has 0 spiro atoms. The zero-order chi connectivity index (χ0) is 18.1. The van der Waals surface area contributed by atoms with Crippen LogP contribution in [0.4, 0.5) is 11.4 Å². The summed E-state index contributed by atoms with van der Waals surface area (Å²) in [5.41, 5.74) is 2.06. The van der Waals surface area contributed by atoms with E-state index in [0.29, 0.717) is 0 Å². The Labute approximate surface area is 155 Å². The second-order valence-electron chi connectivity index (χ2n) is 7.05. The van der Waals surface area contributed by atoms with E-state index in [1.807, 2.05) is 36.4 Å². The van der Waals surface area contributed by atoms with Gasteiger partial charge in [-0.3, -0.25) is 9.80 Å². The average molecular weight is 350 g/mol.